The average molecular weight is 460 g/mol. The molecule has 0 fully saturated rings. The van der Waals surface area contributed by atoms with Crippen molar-refractivity contribution in [2.45, 2.75) is 26.3 Å². The number of halogens is 2. The molecule has 0 atom stereocenters. The summed E-state index contributed by atoms with van der Waals surface area (Å²) in [7, 11) is -2.32. The zero-order valence-corrected chi connectivity index (χ0v) is 17.8. The summed E-state index contributed by atoms with van der Waals surface area (Å²) >= 11 is 1.07. The summed E-state index contributed by atoms with van der Waals surface area (Å²) in [5.41, 5.74) is 1.28. The topological polar surface area (TPSA) is 111 Å². The number of aromatic nitrogens is 4. The van der Waals surface area contributed by atoms with E-state index in [0.717, 1.165) is 16.9 Å². The smallest absolute Gasteiger partial charge is 0.314 e. The Morgan fingerprint density at radius 3 is 2.73 bits per heavy atom. The summed E-state index contributed by atoms with van der Waals surface area (Å²) in [5, 5.41) is 7.29. The van der Waals surface area contributed by atoms with Crippen molar-refractivity contribution in [2.75, 3.05) is 23.8 Å². The van der Waals surface area contributed by atoms with E-state index in [1.807, 2.05) is 6.92 Å². The van der Waals surface area contributed by atoms with Gasteiger partial charge in [-0.2, -0.15) is 8.78 Å². The summed E-state index contributed by atoms with van der Waals surface area (Å²) < 4.78 is 62.2. The van der Waals surface area contributed by atoms with E-state index in [2.05, 4.69) is 20.2 Å². The third-order valence-electron chi connectivity index (χ3n) is 4.03. The molecule has 0 saturated carbocycles. The third-order valence-corrected chi connectivity index (χ3v) is 6.69. The van der Waals surface area contributed by atoms with Crippen LogP contribution in [-0.4, -0.2) is 48.1 Å². The molecule has 0 N–H and O–H groups in total. The van der Waals surface area contributed by atoms with Crippen LogP contribution >= 0.6 is 11.3 Å². The second-order valence-electron chi connectivity index (χ2n) is 6.08. The average Bonchev–Trinajstić information content (AvgIpc) is 3.40. The first-order valence-electron chi connectivity index (χ1n) is 8.84. The van der Waals surface area contributed by atoms with E-state index in [4.69, 9.17) is 9.15 Å². The lowest BCUT2D eigenvalue weighted by Gasteiger charge is -2.23. The van der Waals surface area contributed by atoms with E-state index in [9.17, 15) is 17.2 Å². The molecule has 3 aromatic heterocycles. The van der Waals surface area contributed by atoms with Gasteiger partial charge in [-0.25, -0.2) is 13.4 Å². The number of methoxy groups -OCH3 is 1. The number of hydrogen-bond donors (Lipinski definition) is 0. The molecule has 0 aromatic carbocycles. The maximum Gasteiger partial charge on any atom is 0.314 e. The van der Waals surface area contributed by atoms with Crippen LogP contribution in [0.2, 0.25) is 0 Å². The van der Waals surface area contributed by atoms with Gasteiger partial charge in [0, 0.05) is 13.3 Å². The molecule has 0 radical (unpaired) electrons. The molecule has 0 aliphatic rings. The van der Waals surface area contributed by atoms with Gasteiger partial charge in [-0.3, -0.25) is 9.29 Å². The van der Waals surface area contributed by atoms with Gasteiger partial charge in [0.2, 0.25) is 10.0 Å². The van der Waals surface area contributed by atoms with Gasteiger partial charge in [-0.15, -0.1) is 21.5 Å². The first-order valence-corrected chi connectivity index (χ1v) is 11.3. The molecule has 0 amide bonds. The van der Waals surface area contributed by atoms with Crippen molar-refractivity contribution >= 4 is 27.0 Å². The molecule has 0 spiro atoms. The Morgan fingerprint density at radius 1 is 1.27 bits per heavy atom. The number of hydrogen-bond acceptors (Lipinski definition) is 9. The van der Waals surface area contributed by atoms with Crippen molar-refractivity contribution in [1.82, 2.24) is 20.2 Å². The number of sulfonamides is 1. The van der Waals surface area contributed by atoms with Crippen LogP contribution in [0.5, 0.6) is 0 Å². The summed E-state index contributed by atoms with van der Waals surface area (Å²) in [6, 6.07) is 1.75. The Bertz CT molecular complexity index is 1090. The zero-order chi connectivity index (χ0) is 21.7. The SMILES string of the molecule is CCc1cncc(N(Cc2ncc(-c3nnc(C(F)F)o3)s2)S(=O)(=O)CCOC)c1. The van der Waals surface area contributed by atoms with E-state index < -0.39 is 22.3 Å². The standard InChI is InChI=1S/C17H19F2N5O4S2/c1-3-11-6-12(8-20-7-11)24(30(25,26)5-4-27-2)10-14-21-9-13(29-14)16-22-23-17(28-16)15(18)19/h6-9,15H,3-5,10H2,1-2H3. The molecular weight excluding hydrogens is 440 g/mol. The van der Waals surface area contributed by atoms with Crippen molar-refractivity contribution < 1.29 is 26.4 Å². The fourth-order valence-corrected chi connectivity index (χ4v) is 4.73. The van der Waals surface area contributed by atoms with Crippen molar-refractivity contribution in [3.63, 3.8) is 0 Å². The highest BCUT2D eigenvalue weighted by Crippen LogP contribution is 2.30. The second-order valence-corrected chi connectivity index (χ2v) is 9.21. The molecule has 162 valence electrons. The minimum atomic E-state index is -3.74. The molecule has 3 heterocycles. The van der Waals surface area contributed by atoms with Crippen LogP contribution in [0, 0.1) is 0 Å². The molecule has 30 heavy (non-hydrogen) atoms. The number of thiazole rings is 1. The number of anilines is 1. The van der Waals surface area contributed by atoms with Crippen molar-refractivity contribution in [2.24, 2.45) is 0 Å². The lowest BCUT2D eigenvalue weighted by atomic mass is 10.2. The van der Waals surface area contributed by atoms with Crippen LogP contribution in [-0.2, 0) is 27.7 Å². The molecular formula is C17H19F2N5O4S2. The summed E-state index contributed by atoms with van der Waals surface area (Å²) in [6.45, 7) is 1.90. The molecule has 13 heteroatoms. The fourth-order valence-electron chi connectivity index (χ4n) is 2.48. The Labute approximate surface area is 175 Å². The maximum atomic E-state index is 12.9. The van der Waals surface area contributed by atoms with Gasteiger partial charge in [0.05, 0.1) is 37.0 Å². The monoisotopic (exact) mass is 459 g/mol. The summed E-state index contributed by atoms with van der Waals surface area (Å²) in [4.78, 5) is 8.68. The molecule has 0 aliphatic heterocycles. The molecule has 3 aromatic rings. The number of ether oxygens (including phenoxy) is 1. The van der Waals surface area contributed by atoms with Gasteiger partial charge < -0.3 is 9.15 Å². The highest BCUT2D eigenvalue weighted by molar-refractivity contribution is 7.92. The summed E-state index contributed by atoms with van der Waals surface area (Å²) in [5.74, 6) is -1.11. The van der Waals surface area contributed by atoms with E-state index in [1.54, 1.807) is 12.3 Å². The van der Waals surface area contributed by atoms with Crippen LogP contribution in [0.1, 0.15) is 29.8 Å². The largest absolute Gasteiger partial charge is 0.414 e. The van der Waals surface area contributed by atoms with Gasteiger partial charge in [0.1, 0.15) is 9.88 Å². The molecule has 0 bridgehead atoms. The number of rotatable bonds is 10. The second kappa shape index (κ2) is 9.53. The fraction of sp³-hybridized carbons (Fsp3) is 0.412. The van der Waals surface area contributed by atoms with Crippen LogP contribution in [0.15, 0.2) is 29.1 Å². The van der Waals surface area contributed by atoms with E-state index in [0.29, 0.717) is 22.0 Å². The number of nitrogens with zero attached hydrogens (tertiary/aromatic N) is 5. The quantitative estimate of drug-likeness (QED) is 0.455. The van der Waals surface area contributed by atoms with E-state index >= 15 is 0 Å². The van der Waals surface area contributed by atoms with Crippen LogP contribution in [0.4, 0.5) is 14.5 Å². The van der Waals surface area contributed by atoms with Gasteiger partial charge >= 0.3 is 6.43 Å². The minimum absolute atomic E-state index is 0.0290. The van der Waals surface area contributed by atoms with Crippen LogP contribution < -0.4 is 4.31 Å². The number of aryl methyl sites for hydroxylation is 1. The molecule has 0 saturated heterocycles. The Hall–Kier alpha value is -2.51. The normalized spacial score (nSPS) is 11.9. The third kappa shape index (κ3) is 5.15. The maximum absolute atomic E-state index is 12.9. The van der Waals surface area contributed by atoms with E-state index in [1.165, 1.54) is 23.8 Å². The van der Waals surface area contributed by atoms with Crippen molar-refractivity contribution in [3.8, 4) is 10.8 Å². The highest BCUT2D eigenvalue weighted by atomic mass is 32.2. The summed E-state index contributed by atoms with van der Waals surface area (Å²) in [6.07, 6.45) is 2.33. The van der Waals surface area contributed by atoms with Gasteiger partial charge in [-0.05, 0) is 18.1 Å². The first kappa shape index (κ1) is 22.2. The van der Waals surface area contributed by atoms with Crippen molar-refractivity contribution in [1.29, 1.82) is 0 Å². The van der Waals surface area contributed by atoms with Gasteiger partial charge in [0.15, 0.2) is 0 Å². The molecule has 0 aliphatic carbocycles. The lowest BCUT2D eigenvalue weighted by molar-refractivity contribution is 0.116. The lowest BCUT2D eigenvalue weighted by Crippen LogP contribution is -2.34. The predicted molar refractivity (Wildman–Crippen MR) is 106 cm³/mol. The Kier molecular flexibility index (Phi) is 7.05. The van der Waals surface area contributed by atoms with Gasteiger partial charge in [-0.1, -0.05) is 6.92 Å². The van der Waals surface area contributed by atoms with Crippen molar-refractivity contribution in [3.05, 3.63) is 41.1 Å². The Balaban J connectivity index is 1.90. The zero-order valence-electron chi connectivity index (χ0n) is 16.2. The molecule has 0 unspecified atom stereocenters. The van der Waals surface area contributed by atoms with Gasteiger partial charge in [0.25, 0.3) is 11.8 Å². The van der Waals surface area contributed by atoms with E-state index in [-0.39, 0.29) is 24.8 Å². The number of pyridine rings is 1. The molecule has 9 nitrogen and oxygen atoms in total. The van der Waals surface area contributed by atoms with Crippen LogP contribution in [0.25, 0.3) is 10.8 Å². The predicted octanol–water partition coefficient (Wildman–Crippen LogP) is 3.07. The molecule has 3 rings (SSSR count). The Morgan fingerprint density at radius 2 is 2.07 bits per heavy atom. The minimum Gasteiger partial charge on any atom is -0.414 e. The highest BCUT2D eigenvalue weighted by Gasteiger charge is 2.25. The number of alkyl halides is 2. The first-order chi connectivity index (χ1) is 14.3. The van der Waals surface area contributed by atoms with Crippen LogP contribution in [0.3, 0.4) is 0 Å².